The zero-order chi connectivity index (χ0) is 6.85. The molecule has 0 radical (unpaired) electrons. The van der Waals surface area contributed by atoms with Crippen molar-refractivity contribution in [1.82, 2.24) is 0 Å². The quantitative estimate of drug-likeness (QED) is 0.749. The molecule has 0 aromatic carbocycles. The van der Waals surface area contributed by atoms with Crippen LogP contribution in [0.15, 0.2) is 10.5 Å². The molecule has 0 bridgehead atoms. The third kappa shape index (κ3) is 1.53. The average molecular weight is 206 g/mol. The topological polar surface area (TPSA) is 26.0 Å². The molecule has 0 aliphatic carbocycles. The molecule has 1 rings (SSSR count). The summed E-state index contributed by atoms with van der Waals surface area (Å²) in [5, 5.41) is 0. The molecule has 9 heavy (non-hydrogen) atoms. The van der Waals surface area contributed by atoms with Crippen LogP contribution in [-0.2, 0) is 6.54 Å². The van der Waals surface area contributed by atoms with Crippen molar-refractivity contribution >= 4 is 27.3 Å². The highest BCUT2D eigenvalue weighted by Gasteiger charge is 1.98. The lowest BCUT2D eigenvalue weighted by atomic mass is 10.4. The summed E-state index contributed by atoms with van der Waals surface area (Å²) in [5.74, 6) is 0. The first-order valence-electron chi connectivity index (χ1n) is 2.69. The minimum Gasteiger partial charge on any atom is -0.326 e. The maximum Gasteiger partial charge on any atom is 0.0314 e. The highest BCUT2D eigenvalue weighted by molar-refractivity contribution is 9.10. The summed E-state index contributed by atoms with van der Waals surface area (Å²) < 4.78 is 1.17. The molecule has 0 saturated heterocycles. The fourth-order valence-corrected chi connectivity index (χ4v) is 2.10. The highest BCUT2D eigenvalue weighted by atomic mass is 79.9. The van der Waals surface area contributed by atoms with Gasteiger partial charge in [0.05, 0.1) is 0 Å². The first-order valence-corrected chi connectivity index (χ1v) is 4.30. The van der Waals surface area contributed by atoms with Crippen molar-refractivity contribution in [2.45, 2.75) is 13.5 Å². The summed E-state index contributed by atoms with van der Waals surface area (Å²) in [6.07, 6.45) is 0. The molecule has 0 saturated carbocycles. The predicted octanol–water partition coefficient (Wildman–Crippen LogP) is 2.28. The van der Waals surface area contributed by atoms with Crippen molar-refractivity contribution in [1.29, 1.82) is 0 Å². The summed E-state index contributed by atoms with van der Waals surface area (Å²) in [6, 6.07) is 2.07. The molecule has 0 spiro atoms. The maximum absolute atomic E-state index is 5.42. The summed E-state index contributed by atoms with van der Waals surface area (Å²) >= 11 is 5.15. The van der Waals surface area contributed by atoms with Gasteiger partial charge in [-0.25, -0.2) is 0 Å². The molecule has 2 N–H and O–H groups in total. The van der Waals surface area contributed by atoms with Gasteiger partial charge in [-0.3, -0.25) is 0 Å². The fraction of sp³-hybridized carbons (Fsp3) is 0.333. The van der Waals surface area contributed by atoms with Gasteiger partial charge in [0.1, 0.15) is 0 Å². The summed E-state index contributed by atoms with van der Waals surface area (Å²) in [4.78, 5) is 2.54. The number of rotatable bonds is 1. The molecule has 1 aromatic heterocycles. The Balaban J connectivity index is 2.98. The molecule has 1 aromatic rings. The van der Waals surface area contributed by atoms with Crippen LogP contribution < -0.4 is 5.73 Å². The van der Waals surface area contributed by atoms with Crippen molar-refractivity contribution in [3.05, 3.63) is 20.3 Å². The van der Waals surface area contributed by atoms with Crippen LogP contribution in [0.4, 0.5) is 0 Å². The number of aryl methyl sites for hydroxylation is 1. The van der Waals surface area contributed by atoms with Gasteiger partial charge in [0.2, 0.25) is 0 Å². The van der Waals surface area contributed by atoms with Crippen LogP contribution in [0.5, 0.6) is 0 Å². The van der Waals surface area contributed by atoms with Gasteiger partial charge in [0, 0.05) is 20.8 Å². The largest absolute Gasteiger partial charge is 0.326 e. The lowest BCUT2D eigenvalue weighted by Crippen LogP contribution is -1.91. The molecule has 0 amide bonds. The normalized spacial score (nSPS) is 10.1. The Labute approximate surface area is 67.0 Å². The second-order valence-corrected chi connectivity index (χ2v) is 4.02. The van der Waals surface area contributed by atoms with E-state index in [4.69, 9.17) is 5.73 Å². The van der Waals surface area contributed by atoms with E-state index in [2.05, 4.69) is 28.9 Å². The van der Waals surface area contributed by atoms with Crippen molar-refractivity contribution in [2.24, 2.45) is 5.73 Å². The average Bonchev–Trinajstić information content (AvgIpc) is 2.13. The van der Waals surface area contributed by atoms with Crippen LogP contribution in [0, 0.1) is 6.92 Å². The molecular weight excluding hydrogens is 198 g/mol. The second-order valence-electron chi connectivity index (χ2n) is 1.82. The molecular formula is C6H8BrNS. The van der Waals surface area contributed by atoms with E-state index in [1.807, 2.05) is 0 Å². The molecule has 0 aliphatic rings. The first-order chi connectivity index (χ1) is 4.24. The molecule has 0 fully saturated rings. The van der Waals surface area contributed by atoms with E-state index in [9.17, 15) is 0 Å². The van der Waals surface area contributed by atoms with Gasteiger partial charge in [-0.2, -0.15) is 0 Å². The van der Waals surface area contributed by atoms with Crippen LogP contribution in [0.2, 0.25) is 0 Å². The SMILES string of the molecule is Cc1sc(CN)cc1Br. The minimum absolute atomic E-state index is 0.650. The lowest BCUT2D eigenvalue weighted by molar-refractivity contribution is 1.11. The second kappa shape index (κ2) is 2.82. The van der Waals surface area contributed by atoms with Crippen molar-refractivity contribution < 1.29 is 0 Å². The van der Waals surface area contributed by atoms with E-state index < -0.39 is 0 Å². The molecule has 1 heterocycles. The van der Waals surface area contributed by atoms with E-state index in [1.54, 1.807) is 11.3 Å². The van der Waals surface area contributed by atoms with Gasteiger partial charge >= 0.3 is 0 Å². The minimum atomic E-state index is 0.650. The Morgan fingerprint density at radius 3 is 2.67 bits per heavy atom. The molecule has 3 heteroatoms. The molecule has 0 aliphatic heterocycles. The Morgan fingerprint density at radius 2 is 2.44 bits per heavy atom. The Morgan fingerprint density at radius 1 is 1.78 bits per heavy atom. The number of hydrogen-bond acceptors (Lipinski definition) is 2. The van der Waals surface area contributed by atoms with Gasteiger partial charge < -0.3 is 5.73 Å². The van der Waals surface area contributed by atoms with E-state index in [0.717, 1.165) is 0 Å². The lowest BCUT2D eigenvalue weighted by Gasteiger charge is -1.81. The number of thiophene rings is 1. The van der Waals surface area contributed by atoms with Crippen LogP contribution in [0.1, 0.15) is 9.75 Å². The fourth-order valence-electron chi connectivity index (χ4n) is 0.618. The monoisotopic (exact) mass is 205 g/mol. The summed E-state index contributed by atoms with van der Waals surface area (Å²) in [6.45, 7) is 2.73. The zero-order valence-electron chi connectivity index (χ0n) is 5.15. The van der Waals surface area contributed by atoms with Gasteiger partial charge in [0.25, 0.3) is 0 Å². The zero-order valence-corrected chi connectivity index (χ0v) is 7.55. The first kappa shape index (κ1) is 7.25. The van der Waals surface area contributed by atoms with Gasteiger partial charge in [-0.05, 0) is 28.9 Å². The van der Waals surface area contributed by atoms with Crippen LogP contribution in [-0.4, -0.2) is 0 Å². The van der Waals surface area contributed by atoms with Crippen LogP contribution in [0.3, 0.4) is 0 Å². The Kier molecular flexibility index (Phi) is 2.27. The standard InChI is InChI=1S/C6H8BrNS/c1-4-6(7)2-5(3-8)9-4/h2H,3,8H2,1H3. The van der Waals surface area contributed by atoms with E-state index in [-0.39, 0.29) is 0 Å². The molecule has 0 unspecified atom stereocenters. The van der Waals surface area contributed by atoms with E-state index in [0.29, 0.717) is 6.54 Å². The van der Waals surface area contributed by atoms with E-state index in [1.165, 1.54) is 14.2 Å². The molecule has 1 nitrogen and oxygen atoms in total. The number of halogens is 1. The van der Waals surface area contributed by atoms with Crippen molar-refractivity contribution in [3.63, 3.8) is 0 Å². The van der Waals surface area contributed by atoms with Crippen LogP contribution >= 0.6 is 27.3 Å². The van der Waals surface area contributed by atoms with E-state index >= 15 is 0 Å². The van der Waals surface area contributed by atoms with Gasteiger partial charge in [-0.15, -0.1) is 11.3 Å². The Bertz CT molecular complexity index is 187. The smallest absolute Gasteiger partial charge is 0.0314 e. The van der Waals surface area contributed by atoms with Crippen LogP contribution in [0.25, 0.3) is 0 Å². The highest BCUT2D eigenvalue weighted by Crippen LogP contribution is 2.25. The van der Waals surface area contributed by atoms with Crippen molar-refractivity contribution in [2.75, 3.05) is 0 Å². The number of hydrogen-bond donors (Lipinski definition) is 1. The third-order valence-electron chi connectivity index (χ3n) is 1.11. The Hall–Kier alpha value is 0.140. The third-order valence-corrected chi connectivity index (χ3v) is 3.27. The van der Waals surface area contributed by atoms with Gasteiger partial charge in [0.15, 0.2) is 0 Å². The van der Waals surface area contributed by atoms with Gasteiger partial charge in [-0.1, -0.05) is 0 Å². The predicted molar refractivity (Wildman–Crippen MR) is 44.6 cm³/mol. The molecule has 0 atom stereocenters. The molecule has 50 valence electrons. The summed E-state index contributed by atoms with van der Waals surface area (Å²) in [5.41, 5.74) is 5.42. The number of nitrogens with two attached hydrogens (primary N) is 1. The van der Waals surface area contributed by atoms with Crippen molar-refractivity contribution in [3.8, 4) is 0 Å². The maximum atomic E-state index is 5.42. The summed E-state index contributed by atoms with van der Waals surface area (Å²) in [7, 11) is 0.